The summed E-state index contributed by atoms with van der Waals surface area (Å²) in [6.45, 7) is 6.29. The molecule has 4 nitrogen and oxygen atoms in total. The van der Waals surface area contributed by atoms with Crippen molar-refractivity contribution in [1.29, 1.82) is 0 Å². The summed E-state index contributed by atoms with van der Waals surface area (Å²) in [7, 11) is 0. The van der Waals surface area contributed by atoms with Crippen molar-refractivity contribution in [2.24, 2.45) is 0 Å². The Morgan fingerprint density at radius 1 is 1.47 bits per heavy atom. The summed E-state index contributed by atoms with van der Waals surface area (Å²) < 4.78 is 6.31. The molecule has 104 valence electrons. The SMILES string of the molecule is CC(C)(C)OC(=O)N[C@H]1CNc2ccc(Br)cc2C1. The Morgan fingerprint density at radius 3 is 2.89 bits per heavy atom. The lowest BCUT2D eigenvalue weighted by molar-refractivity contribution is 0.0506. The van der Waals surface area contributed by atoms with E-state index in [-0.39, 0.29) is 12.1 Å². The predicted octanol–water partition coefficient (Wildman–Crippen LogP) is 3.31. The number of hydrogen-bond acceptors (Lipinski definition) is 3. The van der Waals surface area contributed by atoms with Crippen molar-refractivity contribution < 1.29 is 9.53 Å². The number of amides is 1. The van der Waals surface area contributed by atoms with Crippen molar-refractivity contribution >= 4 is 27.7 Å². The van der Waals surface area contributed by atoms with Crippen LogP contribution >= 0.6 is 15.9 Å². The molecule has 0 fully saturated rings. The van der Waals surface area contributed by atoms with Crippen LogP contribution in [0.5, 0.6) is 0 Å². The largest absolute Gasteiger partial charge is 0.444 e. The van der Waals surface area contributed by atoms with E-state index in [0.29, 0.717) is 6.54 Å². The summed E-state index contributed by atoms with van der Waals surface area (Å²) in [5.41, 5.74) is 1.86. The first-order valence-electron chi connectivity index (χ1n) is 6.35. The molecular weight excluding hydrogens is 308 g/mol. The minimum Gasteiger partial charge on any atom is -0.444 e. The molecule has 1 amide bonds. The van der Waals surface area contributed by atoms with E-state index < -0.39 is 5.60 Å². The average molecular weight is 327 g/mol. The fourth-order valence-electron chi connectivity index (χ4n) is 2.05. The highest BCUT2D eigenvalue weighted by molar-refractivity contribution is 9.10. The van der Waals surface area contributed by atoms with Crippen molar-refractivity contribution in [2.45, 2.75) is 38.8 Å². The fraction of sp³-hybridized carbons (Fsp3) is 0.500. The van der Waals surface area contributed by atoms with E-state index >= 15 is 0 Å². The summed E-state index contributed by atoms with van der Waals surface area (Å²) in [5, 5.41) is 6.21. The summed E-state index contributed by atoms with van der Waals surface area (Å²) >= 11 is 3.46. The third-order valence-electron chi connectivity index (χ3n) is 2.79. The first-order valence-corrected chi connectivity index (χ1v) is 7.14. The van der Waals surface area contributed by atoms with Gasteiger partial charge < -0.3 is 15.4 Å². The van der Waals surface area contributed by atoms with Gasteiger partial charge in [-0.15, -0.1) is 0 Å². The number of rotatable bonds is 1. The van der Waals surface area contributed by atoms with Crippen LogP contribution in [0.25, 0.3) is 0 Å². The number of anilines is 1. The zero-order valence-electron chi connectivity index (χ0n) is 11.4. The van der Waals surface area contributed by atoms with Gasteiger partial charge in [0, 0.05) is 16.7 Å². The maximum atomic E-state index is 11.7. The topological polar surface area (TPSA) is 50.4 Å². The molecule has 2 N–H and O–H groups in total. The molecule has 2 rings (SSSR count). The number of fused-ring (bicyclic) bond motifs is 1. The van der Waals surface area contributed by atoms with E-state index in [1.807, 2.05) is 32.9 Å². The monoisotopic (exact) mass is 326 g/mol. The van der Waals surface area contributed by atoms with Crippen LogP contribution in [0, 0.1) is 0 Å². The Hall–Kier alpha value is -1.23. The number of alkyl carbamates (subject to hydrolysis) is 1. The molecule has 0 aliphatic carbocycles. The van der Waals surface area contributed by atoms with Crippen LogP contribution in [0.2, 0.25) is 0 Å². The van der Waals surface area contributed by atoms with Crippen LogP contribution in [0.15, 0.2) is 22.7 Å². The smallest absolute Gasteiger partial charge is 0.407 e. The predicted molar refractivity (Wildman–Crippen MR) is 79.5 cm³/mol. The Labute approximate surface area is 122 Å². The van der Waals surface area contributed by atoms with E-state index in [4.69, 9.17) is 4.74 Å². The van der Waals surface area contributed by atoms with Crippen LogP contribution in [0.1, 0.15) is 26.3 Å². The maximum Gasteiger partial charge on any atom is 0.407 e. The number of benzene rings is 1. The summed E-state index contributed by atoms with van der Waals surface area (Å²) in [5.74, 6) is 0. The second-order valence-electron chi connectivity index (χ2n) is 5.73. The zero-order chi connectivity index (χ0) is 14.0. The molecule has 1 atom stereocenters. The molecule has 0 radical (unpaired) electrons. The Kier molecular flexibility index (Phi) is 4.04. The van der Waals surface area contributed by atoms with Crippen LogP contribution in [0.4, 0.5) is 10.5 Å². The average Bonchev–Trinajstić information content (AvgIpc) is 2.25. The molecule has 5 heteroatoms. The number of carbonyl (C=O) groups excluding carboxylic acids is 1. The van der Waals surface area contributed by atoms with Gasteiger partial charge in [-0.05, 0) is 51.0 Å². The minimum atomic E-state index is -0.465. The Bertz CT molecular complexity index is 483. The summed E-state index contributed by atoms with van der Waals surface area (Å²) in [6.07, 6.45) is 0.443. The molecule has 0 unspecified atom stereocenters. The summed E-state index contributed by atoms with van der Waals surface area (Å²) in [6, 6.07) is 6.18. The molecule has 1 aromatic carbocycles. The highest BCUT2D eigenvalue weighted by atomic mass is 79.9. The van der Waals surface area contributed by atoms with Gasteiger partial charge in [0.15, 0.2) is 0 Å². The second-order valence-corrected chi connectivity index (χ2v) is 6.65. The molecule has 0 saturated carbocycles. The Morgan fingerprint density at radius 2 is 2.21 bits per heavy atom. The van der Waals surface area contributed by atoms with E-state index in [9.17, 15) is 4.79 Å². The van der Waals surface area contributed by atoms with Crippen LogP contribution in [0.3, 0.4) is 0 Å². The van der Waals surface area contributed by atoms with Crippen LogP contribution in [-0.2, 0) is 11.2 Å². The van der Waals surface area contributed by atoms with Gasteiger partial charge in [-0.25, -0.2) is 4.79 Å². The standard InChI is InChI=1S/C14H19BrN2O2/c1-14(2,3)19-13(18)17-11-7-9-6-10(15)4-5-12(9)16-8-11/h4-6,11,16H,7-8H2,1-3H3,(H,17,18)/t11-/m1/s1. The van der Waals surface area contributed by atoms with Crippen molar-refractivity contribution in [3.8, 4) is 0 Å². The van der Waals surface area contributed by atoms with Gasteiger partial charge in [0.2, 0.25) is 0 Å². The van der Waals surface area contributed by atoms with Gasteiger partial charge in [-0.1, -0.05) is 15.9 Å². The van der Waals surface area contributed by atoms with Crippen molar-refractivity contribution in [1.82, 2.24) is 5.32 Å². The number of hydrogen-bond donors (Lipinski definition) is 2. The van der Waals surface area contributed by atoms with Crippen LogP contribution < -0.4 is 10.6 Å². The van der Waals surface area contributed by atoms with Gasteiger partial charge in [-0.2, -0.15) is 0 Å². The molecule has 1 aromatic rings. The van der Waals surface area contributed by atoms with Crippen molar-refractivity contribution in [2.75, 3.05) is 11.9 Å². The quantitative estimate of drug-likeness (QED) is 0.832. The first kappa shape index (κ1) is 14.2. The number of nitrogens with one attached hydrogen (secondary N) is 2. The summed E-state index contributed by atoms with van der Waals surface area (Å²) in [4.78, 5) is 11.7. The minimum absolute atomic E-state index is 0.0525. The second kappa shape index (κ2) is 5.41. The van der Waals surface area contributed by atoms with E-state index in [1.165, 1.54) is 5.56 Å². The maximum absolute atomic E-state index is 11.7. The lowest BCUT2D eigenvalue weighted by atomic mass is 10.00. The highest BCUT2D eigenvalue weighted by Gasteiger charge is 2.23. The molecule has 0 saturated heterocycles. The lowest BCUT2D eigenvalue weighted by Crippen LogP contribution is -2.45. The normalized spacial score (nSPS) is 18.2. The molecule has 1 aliphatic heterocycles. The zero-order valence-corrected chi connectivity index (χ0v) is 13.0. The third-order valence-corrected chi connectivity index (χ3v) is 3.29. The van der Waals surface area contributed by atoms with Gasteiger partial charge in [-0.3, -0.25) is 0 Å². The van der Waals surface area contributed by atoms with Crippen LogP contribution in [-0.4, -0.2) is 24.3 Å². The third kappa shape index (κ3) is 4.13. The van der Waals surface area contributed by atoms with Crippen molar-refractivity contribution in [3.05, 3.63) is 28.2 Å². The van der Waals surface area contributed by atoms with E-state index in [2.05, 4.69) is 32.6 Å². The number of carbonyl (C=O) groups is 1. The number of halogens is 1. The van der Waals surface area contributed by atoms with Gasteiger partial charge in [0.1, 0.15) is 5.60 Å². The molecule has 1 heterocycles. The molecular formula is C14H19BrN2O2. The fourth-order valence-corrected chi connectivity index (χ4v) is 2.46. The van der Waals surface area contributed by atoms with Gasteiger partial charge in [0.25, 0.3) is 0 Å². The van der Waals surface area contributed by atoms with E-state index in [1.54, 1.807) is 0 Å². The molecule has 0 aromatic heterocycles. The first-order chi connectivity index (χ1) is 8.83. The van der Waals surface area contributed by atoms with E-state index in [0.717, 1.165) is 16.6 Å². The van der Waals surface area contributed by atoms with Gasteiger partial charge in [0.05, 0.1) is 6.04 Å². The number of ether oxygens (including phenoxy) is 1. The molecule has 19 heavy (non-hydrogen) atoms. The molecule has 0 bridgehead atoms. The molecule has 0 spiro atoms. The van der Waals surface area contributed by atoms with Crippen molar-refractivity contribution in [3.63, 3.8) is 0 Å². The Balaban J connectivity index is 1.96. The lowest BCUT2D eigenvalue weighted by Gasteiger charge is -2.28. The van der Waals surface area contributed by atoms with Gasteiger partial charge >= 0.3 is 6.09 Å². The molecule has 1 aliphatic rings. The highest BCUT2D eigenvalue weighted by Crippen LogP contribution is 2.25.